The van der Waals surface area contributed by atoms with Crippen LogP contribution in [0.25, 0.3) is 38.9 Å². The first-order valence-electron chi connectivity index (χ1n) is 11.5. The van der Waals surface area contributed by atoms with E-state index in [4.69, 9.17) is 27.1 Å². The zero-order valence-corrected chi connectivity index (χ0v) is 20.9. The number of halogens is 3. The van der Waals surface area contributed by atoms with E-state index in [1.165, 1.54) is 41.0 Å². The number of rotatable bonds is 5. The van der Waals surface area contributed by atoms with Crippen LogP contribution in [0.1, 0.15) is 5.82 Å². The second-order valence-electron chi connectivity index (χ2n) is 8.42. The average Bonchev–Trinajstić information content (AvgIpc) is 3.30. The third kappa shape index (κ3) is 3.92. The lowest BCUT2D eigenvalue weighted by Gasteiger charge is -2.14. The Kier molecular flexibility index (Phi) is 5.88. The van der Waals surface area contributed by atoms with Crippen molar-refractivity contribution in [3.8, 4) is 22.7 Å². The molecular weight excluding hydrogens is 530 g/mol. The number of hydrogen-bond donors (Lipinski definition) is 1. The molecule has 0 spiro atoms. The maximum atomic E-state index is 15.1. The van der Waals surface area contributed by atoms with Gasteiger partial charge in [-0.25, -0.2) is 24.0 Å². The number of hydrogen-bond acceptors (Lipinski definition) is 8. The van der Waals surface area contributed by atoms with E-state index in [2.05, 4.69) is 20.1 Å². The summed E-state index contributed by atoms with van der Waals surface area (Å²) in [6.45, 7) is -0.0974. The molecule has 6 aromatic rings. The topological polar surface area (TPSA) is 127 Å². The fraction of sp³-hybridized carbons (Fsp3) is 0.0769. The lowest BCUT2D eigenvalue weighted by atomic mass is 10.1. The van der Waals surface area contributed by atoms with Gasteiger partial charge in [-0.3, -0.25) is 14.3 Å². The maximum absolute atomic E-state index is 15.1. The highest BCUT2D eigenvalue weighted by atomic mass is 35.5. The summed E-state index contributed by atoms with van der Waals surface area (Å²) in [5.41, 5.74) is 6.62. The Hall–Kier alpha value is -4.97. The van der Waals surface area contributed by atoms with Crippen LogP contribution in [0.15, 0.2) is 66.0 Å². The molecule has 4 aromatic heterocycles. The number of aromatic nitrogens is 7. The van der Waals surface area contributed by atoms with Crippen LogP contribution in [-0.4, -0.2) is 41.4 Å². The van der Waals surface area contributed by atoms with Gasteiger partial charge in [0.1, 0.15) is 30.2 Å². The van der Waals surface area contributed by atoms with Crippen molar-refractivity contribution in [1.82, 2.24) is 34.3 Å². The normalized spacial score (nSPS) is 11.4. The molecule has 4 heterocycles. The van der Waals surface area contributed by atoms with E-state index in [9.17, 15) is 9.18 Å². The summed E-state index contributed by atoms with van der Waals surface area (Å²) < 4.78 is 37.4. The number of benzene rings is 2. The SMILES string of the molecule is COc1ccc(-c2nn(Cc3nc4cccc(Cl)c4c(=O)n3-c3cccnc3)c3ncnc(N)c23)c(F)c1F. The van der Waals surface area contributed by atoms with E-state index >= 15 is 4.39 Å². The minimum absolute atomic E-state index is 0.0137. The highest BCUT2D eigenvalue weighted by Gasteiger charge is 2.24. The Morgan fingerprint density at radius 1 is 1.05 bits per heavy atom. The predicted molar refractivity (Wildman–Crippen MR) is 141 cm³/mol. The van der Waals surface area contributed by atoms with Gasteiger partial charge in [0.15, 0.2) is 17.2 Å². The van der Waals surface area contributed by atoms with Gasteiger partial charge in [0.05, 0.1) is 40.3 Å². The first-order chi connectivity index (χ1) is 18.9. The number of nitrogen functional groups attached to an aromatic ring is 1. The first-order valence-corrected chi connectivity index (χ1v) is 11.9. The van der Waals surface area contributed by atoms with Crippen molar-refractivity contribution in [1.29, 1.82) is 0 Å². The first kappa shape index (κ1) is 24.4. The van der Waals surface area contributed by atoms with Gasteiger partial charge in [-0.15, -0.1) is 0 Å². The molecular formula is C26H17ClF2N8O2. The number of anilines is 1. The minimum Gasteiger partial charge on any atom is -0.494 e. The van der Waals surface area contributed by atoms with E-state index < -0.39 is 17.2 Å². The van der Waals surface area contributed by atoms with Crippen LogP contribution < -0.4 is 16.0 Å². The summed E-state index contributed by atoms with van der Waals surface area (Å²) >= 11 is 6.36. The van der Waals surface area contributed by atoms with Crippen LogP contribution in [0.4, 0.5) is 14.6 Å². The molecule has 0 bridgehead atoms. The Balaban J connectivity index is 1.61. The zero-order valence-electron chi connectivity index (χ0n) is 20.1. The van der Waals surface area contributed by atoms with Crippen LogP contribution in [0.2, 0.25) is 5.02 Å². The lowest BCUT2D eigenvalue weighted by molar-refractivity contribution is 0.372. The van der Waals surface area contributed by atoms with Gasteiger partial charge in [-0.05, 0) is 36.4 Å². The summed E-state index contributed by atoms with van der Waals surface area (Å²) in [6.07, 6.45) is 4.31. The van der Waals surface area contributed by atoms with Gasteiger partial charge < -0.3 is 10.5 Å². The van der Waals surface area contributed by atoms with Crippen LogP contribution in [0.5, 0.6) is 5.75 Å². The summed E-state index contributed by atoms with van der Waals surface area (Å²) in [4.78, 5) is 30.8. The Morgan fingerprint density at radius 3 is 2.67 bits per heavy atom. The largest absolute Gasteiger partial charge is 0.494 e. The third-order valence-electron chi connectivity index (χ3n) is 6.19. The molecule has 0 saturated carbocycles. The molecule has 39 heavy (non-hydrogen) atoms. The summed E-state index contributed by atoms with van der Waals surface area (Å²) in [5, 5.41) is 5.22. The van der Waals surface area contributed by atoms with Crippen molar-refractivity contribution in [2.75, 3.05) is 12.8 Å². The highest BCUT2D eigenvalue weighted by Crippen LogP contribution is 2.35. The van der Waals surface area contributed by atoms with E-state index in [1.807, 2.05) is 0 Å². The molecule has 0 unspecified atom stereocenters. The van der Waals surface area contributed by atoms with Crippen molar-refractivity contribution in [3.05, 3.63) is 94.0 Å². The van der Waals surface area contributed by atoms with Crippen molar-refractivity contribution >= 4 is 39.4 Å². The van der Waals surface area contributed by atoms with Crippen LogP contribution >= 0.6 is 11.6 Å². The fourth-order valence-electron chi connectivity index (χ4n) is 4.43. The second kappa shape index (κ2) is 9.40. The molecule has 194 valence electrons. The minimum atomic E-state index is -1.17. The van der Waals surface area contributed by atoms with Gasteiger partial charge in [0.25, 0.3) is 5.56 Å². The van der Waals surface area contributed by atoms with Gasteiger partial charge in [-0.1, -0.05) is 17.7 Å². The number of nitrogens with zero attached hydrogens (tertiary/aromatic N) is 7. The molecule has 0 aliphatic carbocycles. The Bertz CT molecular complexity index is 1960. The highest BCUT2D eigenvalue weighted by molar-refractivity contribution is 6.35. The maximum Gasteiger partial charge on any atom is 0.267 e. The number of methoxy groups -OCH3 is 1. The van der Waals surface area contributed by atoms with E-state index in [0.717, 1.165) is 0 Å². The molecule has 0 radical (unpaired) electrons. The molecule has 13 heteroatoms. The quantitative estimate of drug-likeness (QED) is 0.341. The van der Waals surface area contributed by atoms with Crippen molar-refractivity contribution in [3.63, 3.8) is 0 Å². The summed E-state index contributed by atoms with van der Waals surface area (Å²) in [5.74, 6) is -2.33. The van der Waals surface area contributed by atoms with Gasteiger partial charge in [0.2, 0.25) is 5.82 Å². The predicted octanol–water partition coefficient (Wildman–Crippen LogP) is 4.16. The zero-order chi connectivity index (χ0) is 27.3. The van der Waals surface area contributed by atoms with Gasteiger partial charge in [0, 0.05) is 11.8 Å². The van der Waals surface area contributed by atoms with E-state index in [-0.39, 0.29) is 56.6 Å². The van der Waals surface area contributed by atoms with Gasteiger partial charge >= 0.3 is 0 Å². The van der Waals surface area contributed by atoms with Crippen molar-refractivity contribution in [2.24, 2.45) is 0 Å². The molecule has 2 aromatic carbocycles. The van der Waals surface area contributed by atoms with E-state index in [1.54, 1.807) is 36.5 Å². The summed E-state index contributed by atoms with van der Waals surface area (Å²) in [7, 11) is 1.24. The number of nitrogens with two attached hydrogens (primary N) is 1. The van der Waals surface area contributed by atoms with E-state index in [0.29, 0.717) is 11.2 Å². The smallest absolute Gasteiger partial charge is 0.267 e. The Labute approximate surface area is 223 Å². The summed E-state index contributed by atoms with van der Waals surface area (Å²) in [6, 6.07) is 11.0. The number of pyridine rings is 1. The molecule has 0 amide bonds. The lowest BCUT2D eigenvalue weighted by Crippen LogP contribution is -2.26. The standard InChI is InChI=1S/C26H17ClF2N8O2/c1-39-17-8-7-14(21(28)22(17)29)23-20-24(30)32-12-33-25(20)36(35-23)11-18-34-16-6-2-5-15(27)19(16)26(38)37(18)13-4-3-9-31-10-13/h2-10,12H,11H2,1H3,(H2,30,32,33). The average molecular weight is 547 g/mol. The molecule has 10 nitrogen and oxygen atoms in total. The second-order valence-corrected chi connectivity index (χ2v) is 8.83. The monoisotopic (exact) mass is 546 g/mol. The van der Waals surface area contributed by atoms with Crippen LogP contribution in [-0.2, 0) is 6.54 Å². The number of ether oxygens (including phenoxy) is 1. The Morgan fingerprint density at radius 2 is 1.90 bits per heavy atom. The van der Waals surface area contributed by atoms with Crippen LogP contribution in [0, 0.1) is 11.6 Å². The van der Waals surface area contributed by atoms with Crippen molar-refractivity contribution < 1.29 is 13.5 Å². The molecule has 6 rings (SSSR count). The third-order valence-corrected chi connectivity index (χ3v) is 6.51. The fourth-order valence-corrected chi connectivity index (χ4v) is 4.68. The molecule has 0 saturated heterocycles. The molecule has 0 aliphatic heterocycles. The molecule has 0 atom stereocenters. The van der Waals surface area contributed by atoms with Crippen LogP contribution in [0.3, 0.4) is 0 Å². The molecule has 0 fully saturated rings. The van der Waals surface area contributed by atoms with Crippen molar-refractivity contribution in [2.45, 2.75) is 6.54 Å². The number of fused-ring (bicyclic) bond motifs is 2. The molecule has 0 aliphatic rings. The molecule has 2 N–H and O–H groups in total. The van der Waals surface area contributed by atoms with Gasteiger partial charge in [-0.2, -0.15) is 9.49 Å².